The highest BCUT2D eigenvalue weighted by Crippen LogP contribution is 2.17. The number of hydrogen-bond acceptors (Lipinski definition) is 3. The highest BCUT2D eigenvalue weighted by Gasteiger charge is 2.24. The average Bonchev–Trinajstić information content (AvgIpc) is 2.75. The van der Waals surface area contributed by atoms with Crippen LogP contribution in [0.15, 0.2) is 25.3 Å². The van der Waals surface area contributed by atoms with Crippen molar-refractivity contribution in [2.45, 2.75) is 24.9 Å². The molecule has 1 aliphatic rings. The molecule has 2 atom stereocenters. The number of carbonyl (C=O) groups is 1. The van der Waals surface area contributed by atoms with Crippen LogP contribution in [-0.4, -0.2) is 43.3 Å². The number of likely N-dealkylation sites (tertiary alicyclic amines) is 1. The quantitative estimate of drug-likeness (QED) is 0.720. The zero-order chi connectivity index (χ0) is 12.0. The molecule has 0 saturated carbocycles. The summed E-state index contributed by atoms with van der Waals surface area (Å²) in [6.07, 6.45) is 5.60. The smallest absolute Gasteiger partial charge is 0.407 e. The molecule has 1 fully saturated rings. The van der Waals surface area contributed by atoms with Crippen LogP contribution in [0.1, 0.15) is 12.8 Å². The van der Waals surface area contributed by atoms with Crippen LogP contribution in [0.2, 0.25) is 0 Å². The highest BCUT2D eigenvalue weighted by molar-refractivity contribution is 5.67. The van der Waals surface area contributed by atoms with E-state index >= 15 is 0 Å². The summed E-state index contributed by atoms with van der Waals surface area (Å²) < 4.78 is 4.56. The fourth-order valence-corrected chi connectivity index (χ4v) is 1.99. The first-order valence-electron chi connectivity index (χ1n) is 5.55. The zero-order valence-electron chi connectivity index (χ0n) is 9.82. The summed E-state index contributed by atoms with van der Waals surface area (Å²) in [5.41, 5.74) is 0. The Morgan fingerprint density at radius 3 is 3.00 bits per heavy atom. The first-order chi connectivity index (χ1) is 7.71. The molecule has 1 aliphatic heterocycles. The molecular weight excluding hydrogens is 204 g/mol. The maximum Gasteiger partial charge on any atom is 0.407 e. The molecular formula is C12H20N2O2. The van der Waals surface area contributed by atoms with Crippen molar-refractivity contribution in [2.24, 2.45) is 0 Å². The van der Waals surface area contributed by atoms with Gasteiger partial charge in [-0.15, -0.1) is 13.2 Å². The minimum Gasteiger partial charge on any atom is -0.453 e. The lowest BCUT2D eigenvalue weighted by atomic mass is 10.2. The molecule has 0 radical (unpaired) electrons. The van der Waals surface area contributed by atoms with Gasteiger partial charge < -0.3 is 10.1 Å². The fraction of sp³-hybridized carbons (Fsp3) is 0.583. The number of methoxy groups -OCH3 is 1. The SMILES string of the molecule is C=CC(CN1CCCC1C=C)NC(=O)OC. The molecule has 0 aliphatic carbocycles. The Kier molecular flexibility index (Phi) is 5.05. The predicted molar refractivity (Wildman–Crippen MR) is 64.3 cm³/mol. The number of hydrogen-bond donors (Lipinski definition) is 1. The van der Waals surface area contributed by atoms with E-state index in [1.165, 1.54) is 13.5 Å². The molecule has 1 rings (SSSR count). The number of nitrogens with zero attached hydrogens (tertiary/aromatic N) is 1. The van der Waals surface area contributed by atoms with E-state index in [-0.39, 0.29) is 6.04 Å². The van der Waals surface area contributed by atoms with E-state index in [2.05, 4.69) is 28.1 Å². The zero-order valence-corrected chi connectivity index (χ0v) is 9.82. The van der Waals surface area contributed by atoms with Crippen molar-refractivity contribution in [3.05, 3.63) is 25.3 Å². The Bertz CT molecular complexity index is 266. The van der Waals surface area contributed by atoms with E-state index in [0.717, 1.165) is 19.5 Å². The lowest BCUT2D eigenvalue weighted by molar-refractivity contribution is 0.164. The van der Waals surface area contributed by atoms with Gasteiger partial charge in [-0.1, -0.05) is 12.2 Å². The van der Waals surface area contributed by atoms with E-state index in [1.807, 2.05) is 6.08 Å². The van der Waals surface area contributed by atoms with Crippen molar-refractivity contribution in [1.29, 1.82) is 0 Å². The second kappa shape index (κ2) is 6.33. The van der Waals surface area contributed by atoms with Crippen LogP contribution >= 0.6 is 0 Å². The Morgan fingerprint density at radius 1 is 1.69 bits per heavy atom. The Hall–Kier alpha value is -1.29. The van der Waals surface area contributed by atoms with Crippen molar-refractivity contribution in [1.82, 2.24) is 10.2 Å². The first kappa shape index (κ1) is 12.8. The van der Waals surface area contributed by atoms with Gasteiger partial charge in [0.2, 0.25) is 0 Å². The summed E-state index contributed by atoms with van der Waals surface area (Å²) >= 11 is 0. The number of amides is 1. The molecule has 0 spiro atoms. The van der Waals surface area contributed by atoms with Crippen LogP contribution in [-0.2, 0) is 4.74 Å². The van der Waals surface area contributed by atoms with Crippen molar-refractivity contribution in [3.63, 3.8) is 0 Å². The molecule has 0 bridgehead atoms. The van der Waals surface area contributed by atoms with Crippen molar-refractivity contribution >= 4 is 6.09 Å². The van der Waals surface area contributed by atoms with Crippen molar-refractivity contribution in [2.75, 3.05) is 20.2 Å². The normalized spacial score (nSPS) is 22.4. The number of ether oxygens (including phenoxy) is 1. The van der Waals surface area contributed by atoms with E-state index < -0.39 is 6.09 Å². The van der Waals surface area contributed by atoms with Crippen molar-refractivity contribution in [3.8, 4) is 0 Å². The van der Waals surface area contributed by atoms with Gasteiger partial charge in [-0.3, -0.25) is 4.90 Å². The third-order valence-corrected chi connectivity index (χ3v) is 2.89. The Balaban J connectivity index is 2.46. The summed E-state index contributed by atoms with van der Waals surface area (Å²) in [5.74, 6) is 0. The van der Waals surface area contributed by atoms with Crippen LogP contribution in [0.4, 0.5) is 4.79 Å². The summed E-state index contributed by atoms with van der Waals surface area (Å²) in [5, 5.41) is 2.73. The number of alkyl carbamates (subject to hydrolysis) is 1. The second-order valence-electron chi connectivity index (χ2n) is 3.92. The molecule has 0 aromatic heterocycles. The van der Waals surface area contributed by atoms with Gasteiger partial charge in [0.05, 0.1) is 13.2 Å². The monoisotopic (exact) mass is 224 g/mol. The highest BCUT2D eigenvalue weighted by atomic mass is 16.5. The van der Waals surface area contributed by atoms with Crippen LogP contribution in [0.25, 0.3) is 0 Å². The molecule has 1 heterocycles. The van der Waals surface area contributed by atoms with Crippen LogP contribution in [0, 0.1) is 0 Å². The van der Waals surface area contributed by atoms with Gasteiger partial charge >= 0.3 is 6.09 Å². The molecule has 1 N–H and O–H groups in total. The largest absolute Gasteiger partial charge is 0.453 e. The molecule has 16 heavy (non-hydrogen) atoms. The molecule has 0 aromatic carbocycles. The molecule has 4 nitrogen and oxygen atoms in total. The Morgan fingerprint density at radius 2 is 2.44 bits per heavy atom. The molecule has 4 heteroatoms. The predicted octanol–water partition coefficient (Wildman–Crippen LogP) is 1.55. The fourth-order valence-electron chi connectivity index (χ4n) is 1.99. The average molecular weight is 224 g/mol. The summed E-state index contributed by atoms with van der Waals surface area (Å²) in [6.45, 7) is 9.35. The topological polar surface area (TPSA) is 41.6 Å². The number of carbonyl (C=O) groups excluding carboxylic acids is 1. The number of rotatable bonds is 5. The van der Waals surface area contributed by atoms with Crippen LogP contribution in [0.5, 0.6) is 0 Å². The lowest BCUT2D eigenvalue weighted by Crippen LogP contribution is -2.43. The second-order valence-corrected chi connectivity index (χ2v) is 3.92. The Labute approximate surface area is 97.0 Å². The van der Waals surface area contributed by atoms with Gasteiger partial charge in [0.1, 0.15) is 0 Å². The summed E-state index contributed by atoms with van der Waals surface area (Å²) in [6, 6.07) is 0.342. The maximum atomic E-state index is 11.1. The van der Waals surface area contributed by atoms with Gasteiger partial charge in [-0.05, 0) is 19.4 Å². The summed E-state index contributed by atoms with van der Waals surface area (Å²) in [7, 11) is 1.36. The minimum absolute atomic E-state index is 0.0759. The third-order valence-electron chi connectivity index (χ3n) is 2.89. The van der Waals surface area contributed by atoms with E-state index in [1.54, 1.807) is 6.08 Å². The lowest BCUT2D eigenvalue weighted by Gasteiger charge is -2.25. The van der Waals surface area contributed by atoms with E-state index in [0.29, 0.717) is 6.04 Å². The molecule has 0 aromatic rings. The van der Waals surface area contributed by atoms with Gasteiger partial charge in [0.15, 0.2) is 0 Å². The third kappa shape index (κ3) is 3.38. The standard InChI is InChI=1S/C12H20N2O2/c1-4-10(13-12(15)16-3)9-14-8-6-7-11(14)5-2/h4-5,10-11H,1-2,6-9H2,3H3,(H,13,15). The van der Waals surface area contributed by atoms with E-state index in [4.69, 9.17) is 0 Å². The minimum atomic E-state index is -0.417. The maximum absolute atomic E-state index is 11.1. The van der Waals surface area contributed by atoms with Gasteiger partial charge in [0, 0.05) is 12.6 Å². The van der Waals surface area contributed by atoms with Crippen LogP contribution < -0.4 is 5.32 Å². The number of nitrogens with one attached hydrogen (secondary N) is 1. The molecule has 1 saturated heterocycles. The van der Waals surface area contributed by atoms with Gasteiger partial charge in [0.25, 0.3) is 0 Å². The molecule has 2 unspecified atom stereocenters. The molecule has 90 valence electrons. The summed E-state index contributed by atoms with van der Waals surface area (Å²) in [4.78, 5) is 13.4. The molecule has 1 amide bonds. The van der Waals surface area contributed by atoms with Gasteiger partial charge in [-0.25, -0.2) is 4.79 Å². The van der Waals surface area contributed by atoms with Crippen LogP contribution in [0.3, 0.4) is 0 Å². The first-order valence-corrected chi connectivity index (χ1v) is 5.55. The van der Waals surface area contributed by atoms with Crippen molar-refractivity contribution < 1.29 is 9.53 Å². The van der Waals surface area contributed by atoms with Gasteiger partial charge in [-0.2, -0.15) is 0 Å². The van der Waals surface area contributed by atoms with E-state index in [9.17, 15) is 4.79 Å².